The Morgan fingerprint density at radius 1 is 1.15 bits per heavy atom. The zero-order valence-corrected chi connectivity index (χ0v) is 20.9. The Morgan fingerprint density at radius 2 is 1.91 bits per heavy atom. The number of hydrogen-bond donors (Lipinski definition) is 2. The molecule has 7 nitrogen and oxygen atoms in total. The lowest BCUT2D eigenvalue weighted by atomic mass is 9.99. The van der Waals surface area contributed by atoms with E-state index in [9.17, 15) is 9.59 Å². The van der Waals surface area contributed by atoms with Crippen molar-refractivity contribution in [2.45, 2.75) is 24.9 Å². The summed E-state index contributed by atoms with van der Waals surface area (Å²) < 4.78 is 10.5. The molecule has 176 valence electrons. The molecule has 9 heteroatoms. The number of nitrogens with one attached hydrogen (secondary N) is 2. The summed E-state index contributed by atoms with van der Waals surface area (Å²) in [5.41, 5.74) is 3.39. The van der Waals surface area contributed by atoms with Gasteiger partial charge in [-0.1, -0.05) is 49.9 Å². The number of ether oxygens (including phenoxy) is 2. The van der Waals surface area contributed by atoms with Crippen molar-refractivity contribution in [3.05, 3.63) is 63.8 Å². The number of fused-ring (bicyclic) bond motifs is 1. The van der Waals surface area contributed by atoms with Crippen LogP contribution in [0.3, 0.4) is 0 Å². The highest BCUT2D eigenvalue weighted by Gasteiger charge is 2.15. The maximum absolute atomic E-state index is 12.9. The number of H-pyrrole nitrogens is 1. The predicted molar refractivity (Wildman–Crippen MR) is 139 cm³/mol. The van der Waals surface area contributed by atoms with Crippen molar-refractivity contribution < 1.29 is 14.3 Å². The number of nitrogens with zero attached hydrogens (tertiary/aromatic N) is 1. The van der Waals surface area contributed by atoms with Gasteiger partial charge in [0.2, 0.25) is 5.91 Å². The standard InChI is InChI=1S/C25H25N3O4S2/c1-14(2)15-5-7-16(8-6-15)18-12-33-24-22(18)23(30)27-25(28-24)34-13-21(29)26-19-11-17(31-3)9-10-20(19)32-4/h5-12,14H,13H2,1-4H3,(H,26,29)(H,27,28,30). The van der Waals surface area contributed by atoms with Gasteiger partial charge < -0.3 is 19.8 Å². The van der Waals surface area contributed by atoms with Gasteiger partial charge in [0.15, 0.2) is 5.16 Å². The number of aromatic amines is 1. The van der Waals surface area contributed by atoms with Gasteiger partial charge in [-0.05, 0) is 29.2 Å². The molecule has 0 unspecified atom stereocenters. The Hall–Kier alpha value is -3.30. The van der Waals surface area contributed by atoms with E-state index in [1.54, 1.807) is 25.3 Å². The van der Waals surface area contributed by atoms with Crippen molar-refractivity contribution >= 4 is 44.9 Å². The summed E-state index contributed by atoms with van der Waals surface area (Å²) in [7, 11) is 3.09. The van der Waals surface area contributed by atoms with E-state index in [1.807, 2.05) is 17.5 Å². The number of aromatic nitrogens is 2. The van der Waals surface area contributed by atoms with Gasteiger partial charge in [0.05, 0.1) is 31.0 Å². The number of thiophene rings is 1. The van der Waals surface area contributed by atoms with Crippen molar-refractivity contribution in [1.82, 2.24) is 9.97 Å². The zero-order chi connectivity index (χ0) is 24.2. The fourth-order valence-corrected chi connectivity index (χ4v) is 5.16. The number of anilines is 1. The van der Waals surface area contributed by atoms with Gasteiger partial charge in [-0.15, -0.1) is 11.3 Å². The van der Waals surface area contributed by atoms with Crippen LogP contribution in [0.2, 0.25) is 0 Å². The summed E-state index contributed by atoms with van der Waals surface area (Å²) in [5.74, 6) is 1.40. The van der Waals surface area contributed by atoms with Crippen LogP contribution in [0.5, 0.6) is 11.5 Å². The largest absolute Gasteiger partial charge is 0.497 e. The Kier molecular flexibility index (Phi) is 7.23. The van der Waals surface area contributed by atoms with Gasteiger partial charge in [0, 0.05) is 17.0 Å². The van der Waals surface area contributed by atoms with Gasteiger partial charge in [0.25, 0.3) is 5.56 Å². The number of carbonyl (C=O) groups is 1. The van der Waals surface area contributed by atoms with Crippen LogP contribution in [-0.2, 0) is 4.79 Å². The number of benzene rings is 2. The van der Waals surface area contributed by atoms with Crippen LogP contribution in [-0.4, -0.2) is 35.8 Å². The molecule has 0 aliphatic carbocycles. The molecule has 4 rings (SSSR count). The van der Waals surface area contributed by atoms with Crippen LogP contribution >= 0.6 is 23.1 Å². The number of thioether (sulfide) groups is 1. The number of rotatable bonds is 8. The van der Waals surface area contributed by atoms with E-state index in [4.69, 9.17) is 9.47 Å². The maximum atomic E-state index is 12.9. The van der Waals surface area contributed by atoms with Crippen LogP contribution in [0.25, 0.3) is 21.3 Å². The van der Waals surface area contributed by atoms with Crippen LogP contribution in [0.4, 0.5) is 5.69 Å². The number of carbonyl (C=O) groups excluding carboxylic acids is 1. The molecule has 2 aromatic carbocycles. The fraction of sp³-hybridized carbons (Fsp3) is 0.240. The summed E-state index contributed by atoms with van der Waals surface area (Å²) in [5, 5.41) is 5.73. The quantitative estimate of drug-likeness (QED) is 0.247. The first-order valence-electron chi connectivity index (χ1n) is 10.7. The molecule has 0 aliphatic heterocycles. The van der Waals surface area contributed by atoms with Crippen LogP contribution < -0.4 is 20.3 Å². The second-order valence-corrected chi connectivity index (χ2v) is 9.70. The van der Waals surface area contributed by atoms with Crippen molar-refractivity contribution in [2.24, 2.45) is 0 Å². The molecule has 0 spiro atoms. The van der Waals surface area contributed by atoms with E-state index in [-0.39, 0.29) is 17.2 Å². The van der Waals surface area contributed by atoms with E-state index in [0.717, 1.165) is 11.1 Å². The van der Waals surface area contributed by atoms with E-state index in [2.05, 4.69) is 41.3 Å². The van der Waals surface area contributed by atoms with Crippen LogP contribution in [0.15, 0.2) is 57.8 Å². The molecule has 2 aromatic heterocycles. The molecule has 4 aromatic rings. The summed E-state index contributed by atoms with van der Waals surface area (Å²) in [6.07, 6.45) is 0. The van der Waals surface area contributed by atoms with Crippen molar-refractivity contribution in [3.63, 3.8) is 0 Å². The van der Waals surface area contributed by atoms with Gasteiger partial charge in [-0.25, -0.2) is 4.98 Å². The maximum Gasteiger partial charge on any atom is 0.260 e. The molecule has 0 saturated carbocycles. The SMILES string of the molecule is COc1ccc(OC)c(NC(=O)CSc2nc3scc(-c4ccc(C(C)C)cc4)c3c(=O)[nH]2)c1. The molecule has 2 N–H and O–H groups in total. The number of amides is 1. The van der Waals surface area contributed by atoms with E-state index >= 15 is 0 Å². The topological polar surface area (TPSA) is 93.3 Å². The molecule has 0 atom stereocenters. The second-order valence-electron chi connectivity index (χ2n) is 7.88. The second kappa shape index (κ2) is 10.3. The molecule has 1 amide bonds. The lowest BCUT2D eigenvalue weighted by Gasteiger charge is -2.11. The van der Waals surface area contributed by atoms with Crippen LogP contribution in [0, 0.1) is 0 Å². The number of hydrogen-bond acceptors (Lipinski definition) is 7. The highest BCUT2D eigenvalue weighted by molar-refractivity contribution is 7.99. The van der Waals surface area contributed by atoms with Gasteiger partial charge in [-0.2, -0.15) is 0 Å². The number of methoxy groups -OCH3 is 2. The summed E-state index contributed by atoms with van der Waals surface area (Å²) in [6.45, 7) is 4.30. The highest BCUT2D eigenvalue weighted by Crippen LogP contribution is 2.33. The molecule has 2 heterocycles. The smallest absolute Gasteiger partial charge is 0.260 e. The van der Waals surface area contributed by atoms with Gasteiger partial charge in [-0.3, -0.25) is 9.59 Å². The lowest BCUT2D eigenvalue weighted by Crippen LogP contribution is -2.16. The fourth-order valence-electron chi connectivity index (χ4n) is 3.49. The average molecular weight is 496 g/mol. The summed E-state index contributed by atoms with van der Waals surface area (Å²) in [6, 6.07) is 13.4. The Bertz CT molecular complexity index is 1380. The van der Waals surface area contributed by atoms with E-state index in [0.29, 0.717) is 38.5 Å². The van der Waals surface area contributed by atoms with Crippen molar-refractivity contribution in [2.75, 3.05) is 25.3 Å². The molecule has 0 bridgehead atoms. The first-order valence-corrected chi connectivity index (χ1v) is 12.5. The minimum Gasteiger partial charge on any atom is -0.497 e. The zero-order valence-electron chi connectivity index (χ0n) is 19.3. The average Bonchev–Trinajstić information content (AvgIpc) is 3.27. The molecule has 0 radical (unpaired) electrons. The molecule has 0 aliphatic rings. The van der Waals surface area contributed by atoms with Crippen molar-refractivity contribution in [3.8, 4) is 22.6 Å². The Labute approximate surface area is 205 Å². The monoisotopic (exact) mass is 495 g/mol. The molecule has 0 saturated heterocycles. The lowest BCUT2D eigenvalue weighted by molar-refractivity contribution is -0.113. The van der Waals surface area contributed by atoms with Crippen LogP contribution in [0.1, 0.15) is 25.3 Å². The minimum atomic E-state index is -0.253. The summed E-state index contributed by atoms with van der Waals surface area (Å²) >= 11 is 2.58. The highest BCUT2D eigenvalue weighted by atomic mass is 32.2. The first-order chi connectivity index (χ1) is 16.4. The third kappa shape index (κ3) is 5.10. The predicted octanol–water partition coefficient (Wildman–Crippen LogP) is 5.52. The third-order valence-electron chi connectivity index (χ3n) is 5.33. The van der Waals surface area contributed by atoms with Gasteiger partial charge >= 0.3 is 0 Å². The third-order valence-corrected chi connectivity index (χ3v) is 7.08. The normalized spacial score (nSPS) is 11.1. The first kappa shape index (κ1) is 23.8. The van der Waals surface area contributed by atoms with E-state index < -0.39 is 0 Å². The summed E-state index contributed by atoms with van der Waals surface area (Å²) in [4.78, 5) is 33.4. The Morgan fingerprint density at radius 3 is 2.59 bits per heavy atom. The van der Waals surface area contributed by atoms with E-state index in [1.165, 1.54) is 35.8 Å². The molecular weight excluding hydrogens is 470 g/mol. The molecule has 34 heavy (non-hydrogen) atoms. The van der Waals surface area contributed by atoms with Crippen molar-refractivity contribution in [1.29, 1.82) is 0 Å². The molecule has 0 fully saturated rings. The molecular formula is C25H25N3O4S2. The van der Waals surface area contributed by atoms with Gasteiger partial charge in [0.1, 0.15) is 16.3 Å². The Balaban J connectivity index is 1.50. The minimum absolute atomic E-state index is 0.0731.